The first-order chi connectivity index (χ1) is 13.7. The highest BCUT2D eigenvalue weighted by Gasteiger charge is 2.30. The number of alkyl halides is 3. The number of rotatable bonds is 6. The molecule has 0 radical (unpaired) electrons. The van der Waals surface area contributed by atoms with Crippen LogP contribution in [0.5, 0.6) is 0 Å². The van der Waals surface area contributed by atoms with Gasteiger partial charge in [-0.05, 0) is 36.5 Å². The topological polar surface area (TPSA) is 57.2 Å². The van der Waals surface area contributed by atoms with Crippen LogP contribution in [0.4, 0.5) is 13.2 Å². The van der Waals surface area contributed by atoms with E-state index >= 15 is 0 Å². The minimum atomic E-state index is -4.39. The van der Waals surface area contributed by atoms with Crippen LogP contribution in [-0.2, 0) is 22.3 Å². The van der Waals surface area contributed by atoms with E-state index in [1.807, 2.05) is 11.9 Å². The number of ether oxygens (including phenoxy) is 1. The molecule has 0 atom stereocenters. The van der Waals surface area contributed by atoms with Crippen LogP contribution in [0.25, 0.3) is 0 Å². The van der Waals surface area contributed by atoms with Crippen LogP contribution in [0.1, 0.15) is 24.0 Å². The number of hydrogen-bond donors (Lipinski definition) is 1. The van der Waals surface area contributed by atoms with E-state index in [-0.39, 0.29) is 43.0 Å². The van der Waals surface area contributed by atoms with Crippen LogP contribution in [0, 0.1) is 5.92 Å². The lowest BCUT2D eigenvalue weighted by Gasteiger charge is -2.29. The molecule has 1 aromatic carbocycles. The lowest BCUT2D eigenvalue weighted by Crippen LogP contribution is -2.45. The second kappa shape index (κ2) is 12.3. The molecule has 0 aliphatic carbocycles. The van der Waals surface area contributed by atoms with Gasteiger partial charge in [0.25, 0.3) is 0 Å². The number of nitrogens with one attached hydrogen (secondary N) is 1. The van der Waals surface area contributed by atoms with Crippen LogP contribution in [0.2, 0.25) is 0 Å². The van der Waals surface area contributed by atoms with Crippen LogP contribution in [0.15, 0.2) is 29.3 Å². The van der Waals surface area contributed by atoms with Crippen molar-refractivity contribution in [3.05, 3.63) is 35.4 Å². The predicted octanol–water partition coefficient (Wildman–Crippen LogP) is 3.22. The Morgan fingerprint density at radius 3 is 2.50 bits per heavy atom. The number of benzene rings is 1. The van der Waals surface area contributed by atoms with Crippen molar-refractivity contribution in [2.24, 2.45) is 10.9 Å². The van der Waals surface area contributed by atoms with E-state index in [1.165, 1.54) is 11.0 Å². The Labute approximate surface area is 192 Å². The minimum Gasteiger partial charge on any atom is -0.381 e. The lowest BCUT2D eigenvalue weighted by molar-refractivity contribution is -0.137. The number of amides is 1. The molecule has 0 unspecified atom stereocenters. The van der Waals surface area contributed by atoms with Gasteiger partial charge in [-0.15, -0.1) is 24.0 Å². The van der Waals surface area contributed by atoms with E-state index < -0.39 is 11.7 Å². The molecule has 0 bridgehead atoms. The van der Waals surface area contributed by atoms with E-state index in [9.17, 15) is 18.0 Å². The highest BCUT2D eigenvalue weighted by molar-refractivity contribution is 14.0. The molecule has 30 heavy (non-hydrogen) atoms. The van der Waals surface area contributed by atoms with Gasteiger partial charge < -0.3 is 19.9 Å². The van der Waals surface area contributed by atoms with Crippen molar-refractivity contribution in [1.29, 1.82) is 0 Å². The van der Waals surface area contributed by atoms with Crippen molar-refractivity contribution in [3.8, 4) is 0 Å². The summed E-state index contributed by atoms with van der Waals surface area (Å²) in [7, 11) is 5.19. The summed E-state index contributed by atoms with van der Waals surface area (Å²) in [5.74, 6) is 0.819. The van der Waals surface area contributed by atoms with Crippen LogP contribution in [0.3, 0.4) is 0 Å². The second-order valence-corrected chi connectivity index (χ2v) is 7.42. The molecule has 1 aliphatic heterocycles. The SMILES string of the molecule is CN(C)C(=O)CNC(=NCc1cccc(C(F)(F)F)c1)N(C)CC1CCOCC1.I. The second-order valence-electron chi connectivity index (χ2n) is 7.42. The fourth-order valence-electron chi connectivity index (χ4n) is 3.04. The molecule has 1 N–H and O–H groups in total. The Kier molecular flexibility index (Phi) is 10.9. The molecule has 0 aromatic heterocycles. The molecule has 1 aromatic rings. The summed E-state index contributed by atoms with van der Waals surface area (Å²) in [5.41, 5.74) is -0.240. The summed E-state index contributed by atoms with van der Waals surface area (Å²) in [6, 6.07) is 5.13. The summed E-state index contributed by atoms with van der Waals surface area (Å²) >= 11 is 0. The molecule has 1 amide bonds. The fourth-order valence-corrected chi connectivity index (χ4v) is 3.04. The quantitative estimate of drug-likeness (QED) is 0.341. The number of hydrogen-bond acceptors (Lipinski definition) is 3. The van der Waals surface area contributed by atoms with Crippen LogP contribution >= 0.6 is 24.0 Å². The van der Waals surface area contributed by atoms with Crippen molar-refractivity contribution in [1.82, 2.24) is 15.1 Å². The molecule has 2 rings (SSSR count). The molecule has 1 heterocycles. The maximum atomic E-state index is 12.9. The molecule has 0 spiro atoms. The van der Waals surface area contributed by atoms with Crippen LogP contribution < -0.4 is 5.32 Å². The smallest absolute Gasteiger partial charge is 0.381 e. The van der Waals surface area contributed by atoms with Gasteiger partial charge in [0.2, 0.25) is 5.91 Å². The Morgan fingerprint density at radius 2 is 1.90 bits per heavy atom. The molecule has 1 aliphatic rings. The molecule has 10 heteroatoms. The third-order valence-corrected chi connectivity index (χ3v) is 4.80. The van der Waals surface area contributed by atoms with Crippen molar-refractivity contribution in [2.45, 2.75) is 25.6 Å². The van der Waals surface area contributed by atoms with Gasteiger partial charge in [-0.3, -0.25) is 4.79 Å². The molecule has 0 saturated carbocycles. The first-order valence-corrected chi connectivity index (χ1v) is 9.60. The Bertz CT molecular complexity index is 708. The van der Waals surface area contributed by atoms with Gasteiger partial charge in [-0.25, -0.2) is 4.99 Å². The summed E-state index contributed by atoms with van der Waals surface area (Å²) in [5, 5.41) is 3.04. The third kappa shape index (κ3) is 8.66. The molecule has 6 nitrogen and oxygen atoms in total. The van der Waals surface area contributed by atoms with Gasteiger partial charge in [0.05, 0.1) is 18.7 Å². The largest absolute Gasteiger partial charge is 0.416 e. The Morgan fingerprint density at radius 1 is 1.23 bits per heavy atom. The van der Waals surface area contributed by atoms with E-state index in [0.717, 1.165) is 44.7 Å². The maximum Gasteiger partial charge on any atom is 0.416 e. The normalized spacial score (nSPS) is 15.3. The maximum absolute atomic E-state index is 12.9. The van der Waals surface area contributed by atoms with Gasteiger partial charge in [0.1, 0.15) is 0 Å². The molecular formula is C20H30F3IN4O2. The zero-order valence-electron chi connectivity index (χ0n) is 17.5. The van der Waals surface area contributed by atoms with Gasteiger partial charge in [-0.1, -0.05) is 12.1 Å². The number of aliphatic imine (C=N–C) groups is 1. The number of nitrogens with zero attached hydrogens (tertiary/aromatic N) is 3. The number of halogens is 4. The fraction of sp³-hybridized carbons (Fsp3) is 0.600. The summed E-state index contributed by atoms with van der Waals surface area (Å²) in [6.45, 7) is 2.32. The summed E-state index contributed by atoms with van der Waals surface area (Å²) < 4.78 is 44.2. The van der Waals surface area contributed by atoms with E-state index in [0.29, 0.717) is 17.4 Å². The zero-order chi connectivity index (χ0) is 21.4. The van der Waals surface area contributed by atoms with Crippen molar-refractivity contribution < 1.29 is 22.7 Å². The standard InChI is InChI=1S/C20H29F3N4O2.HI/c1-26(2)18(28)13-25-19(27(3)14-15-7-9-29-10-8-15)24-12-16-5-4-6-17(11-16)20(21,22)23;/h4-6,11,15H,7-10,12-14H2,1-3H3,(H,24,25);1H. The molecule has 1 fully saturated rings. The molecular weight excluding hydrogens is 512 g/mol. The average molecular weight is 542 g/mol. The van der Waals surface area contributed by atoms with Crippen LogP contribution in [-0.4, -0.2) is 69.1 Å². The highest BCUT2D eigenvalue weighted by Crippen LogP contribution is 2.29. The molecule has 170 valence electrons. The van der Waals surface area contributed by atoms with Gasteiger partial charge in [0, 0.05) is 40.9 Å². The summed E-state index contributed by atoms with van der Waals surface area (Å²) in [4.78, 5) is 19.8. The first kappa shape index (κ1) is 26.5. The highest BCUT2D eigenvalue weighted by atomic mass is 127. The van der Waals surface area contributed by atoms with Crippen molar-refractivity contribution in [2.75, 3.05) is 47.4 Å². The average Bonchev–Trinajstić information content (AvgIpc) is 2.68. The Balaban J connectivity index is 0.00000450. The van der Waals surface area contributed by atoms with Crippen molar-refractivity contribution in [3.63, 3.8) is 0 Å². The summed E-state index contributed by atoms with van der Waals surface area (Å²) in [6.07, 6.45) is -2.50. The van der Waals surface area contributed by atoms with Gasteiger partial charge in [-0.2, -0.15) is 13.2 Å². The number of likely N-dealkylation sites (N-methyl/N-ethyl adjacent to an activating group) is 1. The first-order valence-electron chi connectivity index (χ1n) is 9.60. The number of carbonyl (C=O) groups is 1. The Hall–Kier alpha value is -1.56. The van der Waals surface area contributed by atoms with Gasteiger partial charge in [0.15, 0.2) is 5.96 Å². The lowest BCUT2D eigenvalue weighted by atomic mass is 10.00. The molecule has 1 saturated heterocycles. The zero-order valence-corrected chi connectivity index (χ0v) is 19.9. The number of guanidine groups is 1. The van der Waals surface area contributed by atoms with Crippen molar-refractivity contribution >= 4 is 35.8 Å². The van der Waals surface area contributed by atoms with Gasteiger partial charge >= 0.3 is 6.18 Å². The van der Waals surface area contributed by atoms with E-state index in [1.54, 1.807) is 20.2 Å². The van der Waals surface area contributed by atoms with E-state index in [2.05, 4.69) is 10.3 Å². The third-order valence-electron chi connectivity index (χ3n) is 4.80. The van der Waals surface area contributed by atoms with E-state index in [4.69, 9.17) is 4.74 Å². The minimum absolute atomic E-state index is 0. The number of carbonyl (C=O) groups excluding carboxylic acids is 1. The predicted molar refractivity (Wildman–Crippen MR) is 121 cm³/mol. The monoisotopic (exact) mass is 542 g/mol.